The molecule has 2 rings (SSSR count). The largest absolute Gasteiger partial charge is 0.507 e. The van der Waals surface area contributed by atoms with Crippen LogP contribution in [0.2, 0.25) is 0 Å². The van der Waals surface area contributed by atoms with E-state index >= 15 is 0 Å². The van der Waals surface area contributed by atoms with Gasteiger partial charge in [-0.15, -0.1) is 0 Å². The number of ketones is 1. The Balaban J connectivity index is 2.42. The summed E-state index contributed by atoms with van der Waals surface area (Å²) < 4.78 is 0. The van der Waals surface area contributed by atoms with Crippen LogP contribution in [-0.2, 0) is 0 Å². The Morgan fingerprint density at radius 2 is 2.00 bits per heavy atom. The molecule has 1 aromatic carbocycles. The molecule has 0 atom stereocenters. The fraction of sp³-hybridized carbons (Fsp3) is 0. The van der Waals surface area contributed by atoms with Gasteiger partial charge in [-0.25, -0.2) is 4.98 Å². The molecule has 0 spiro atoms. The molecular formula is C11H8N2O2. The monoisotopic (exact) mass is 200 g/mol. The van der Waals surface area contributed by atoms with Gasteiger partial charge >= 0.3 is 0 Å². The normalized spacial score (nSPS) is 9.87. The summed E-state index contributed by atoms with van der Waals surface area (Å²) in [6.07, 6.45) is 4.30. The zero-order valence-corrected chi connectivity index (χ0v) is 7.79. The van der Waals surface area contributed by atoms with Gasteiger partial charge in [-0.3, -0.25) is 9.78 Å². The number of para-hydroxylation sites is 1. The van der Waals surface area contributed by atoms with Crippen LogP contribution in [0.25, 0.3) is 0 Å². The smallest absolute Gasteiger partial charge is 0.216 e. The topological polar surface area (TPSA) is 63.1 Å². The van der Waals surface area contributed by atoms with Crippen molar-refractivity contribution in [1.82, 2.24) is 9.97 Å². The number of hydrogen-bond donors (Lipinski definition) is 1. The Morgan fingerprint density at radius 1 is 1.20 bits per heavy atom. The van der Waals surface area contributed by atoms with Crippen LogP contribution >= 0.6 is 0 Å². The van der Waals surface area contributed by atoms with Gasteiger partial charge in [0.1, 0.15) is 11.4 Å². The SMILES string of the molecule is O=C(c1cnccn1)c1ccccc1O. The van der Waals surface area contributed by atoms with Gasteiger partial charge in [0.15, 0.2) is 0 Å². The van der Waals surface area contributed by atoms with Gasteiger partial charge in [-0.1, -0.05) is 12.1 Å². The highest BCUT2D eigenvalue weighted by Crippen LogP contribution is 2.18. The van der Waals surface area contributed by atoms with Crippen molar-refractivity contribution in [3.05, 3.63) is 54.1 Å². The maximum atomic E-state index is 11.8. The number of aromatic hydroxyl groups is 1. The van der Waals surface area contributed by atoms with E-state index in [-0.39, 0.29) is 22.8 Å². The number of phenolic OH excluding ortho intramolecular Hbond substituents is 1. The Labute approximate surface area is 86.2 Å². The van der Waals surface area contributed by atoms with Crippen LogP contribution in [0.3, 0.4) is 0 Å². The fourth-order valence-electron chi connectivity index (χ4n) is 1.22. The van der Waals surface area contributed by atoms with Crippen molar-refractivity contribution in [3.8, 4) is 5.75 Å². The van der Waals surface area contributed by atoms with Crippen molar-refractivity contribution in [2.24, 2.45) is 0 Å². The van der Waals surface area contributed by atoms with Gasteiger partial charge in [-0.2, -0.15) is 0 Å². The molecule has 74 valence electrons. The summed E-state index contributed by atoms with van der Waals surface area (Å²) in [5, 5.41) is 9.47. The highest BCUT2D eigenvalue weighted by atomic mass is 16.3. The molecule has 1 N–H and O–H groups in total. The first kappa shape index (κ1) is 9.33. The van der Waals surface area contributed by atoms with Gasteiger partial charge in [0, 0.05) is 12.4 Å². The summed E-state index contributed by atoms with van der Waals surface area (Å²) >= 11 is 0. The number of benzene rings is 1. The second-order valence-corrected chi connectivity index (χ2v) is 2.94. The second kappa shape index (κ2) is 3.88. The zero-order valence-electron chi connectivity index (χ0n) is 7.79. The third-order valence-corrected chi connectivity index (χ3v) is 1.94. The first-order chi connectivity index (χ1) is 7.29. The minimum atomic E-state index is -0.332. The minimum absolute atomic E-state index is 0.0480. The van der Waals surface area contributed by atoms with E-state index in [1.807, 2.05) is 0 Å². The molecule has 0 fully saturated rings. The van der Waals surface area contributed by atoms with Crippen LogP contribution in [0.1, 0.15) is 16.1 Å². The molecular weight excluding hydrogens is 192 g/mol. The van der Waals surface area contributed by atoms with Crippen LogP contribution in [0.15, 0.2) is 42.9 Å². The molecule has 4 nitrogen and oxygen atoms in total. The van der Waals surface area contributed by atoms with Crippen molar-refractivity contribution < 1.29 is 9.90 Å². The van der Waals surface area contributed by atoms with E-state index in [1.165, 1.54) is 24.7 Å². The molecule has 0 unspecified atom stereocenters. The lowest BCUT2D eigenvalue weighted by Gasteiger charge is -2.01. The summed E-state index contributed by atoms with van der Waals surface area (Å²) in [7, 11) is 0. The Hall–Kier alpha value is -2.23. The second-order valence-electron chi connectivity index (χ2n) is 2.94. The van der Waals surface area contributed by atoms with E-state index in [9.17, 15) is 9.90 Å². The molecule has 0 saturated carbocycles. The molecule has 1 heterocycles. The molecule has 1 aromatic heterocycles. The molecule has 0 saturated heterocycles. The lowest BCUT2D eigenvalue weighted by molar-refractivity contribution is 0.103. The molecule has 0 aliphatic carbocycles. The maximum Gasteiger partial charge on any atom is 0.216 e. The molecule has 0 aliphatic rings. The predicted octanol–water partition coefficient (Wildman–Crippen LogP) is 1.41. The number of carbonyl (C=O) groups is 1. The summed E-state index contributed by atoms with van der Waals surface area (Å²) in [5.41, 5.74) is 0.456. The highest BCUT2D eigenvalue weighted by Gasteiger charge is 2.13. The van der Waals surface area contributed by atoms with E-state index < -0.39 is 0 Å². The summed E-state index contributed by atoms with van der Waals surface area (Å²) in [4.78, 5) is 19.5. The summed E-state index contributed by atoms with van der Waals surface area (Å²) in [6, 6.07) is 6.35. The number of nitrogens with zero attached hydrogens (tertiary/aromatic N) is 2. The predicted molar refractivity (Wildman–Crippen MR) is 53.6 cm³/mol. The average Bonchev–Trinajstić information content (AvgIpc) is 2.30. The molecule has 4 heteroatoms. The number of hydrogen-bond acceptors (Lipinski definition) is 4. The van der Waals surface area contributed by atoms with E-state index in [0.717, 1.165) is 0 Å². The number of aromatic nitrogens is 2. The van der Waals surface area contributed by atoms with Gasteiger partial charge in [0.05, 0.1) is 11.8 Å². The third-order valence-electron chi connectivity index (χ3n) is 1.94. The Morgan fingerprint density at radius 3 is 2.67 bits per heavy atom. The van der Waals surface area contributed by atoms with Crippen molar-refractivity contribution in [3.63, 3.8) is 0 Å². The third kappa shape index (κ3) is 1.83. The molecule has 0 bridgehead atoms. The maximum absolute atomic E-state index is 11.8. The van der Waals surface area contributed by atoms with Crippen LogP contribution in [0.5, 0.6) is 5.75 Å². The molecule has 0 amide bonds. The van der Waals surface area contributed by atoms with Crippen molar-refractivity contribution in [2.45, 2.75) is 0 Å². The number of rotatable bonds is 2. The highest BCUT2D eigenvalue weighted by molar-refractivity contribution is 6.09. The van der Waals surface area contributed by atoms with E-state index in [4.69, 9.17) is 0 Å². The van der Waals surface area contributed by atoms with E-state index in [0.29, 0.717) is 0 Å². The van der Waals surface area contributed by atoms with E-state index in [1.54, 1.807) is 18.2 Å². The lowest BCUT2D eigenvalue weighted by atomic mass is 10.1. The standard InChI is InChI=1S/C11H8N2O2/c14-10-4-2-1-3-8(10)11(15)9-7-12-5-6-13-9/h1-7,14H. The van der Waals surface area contributed by atoms with Crippen molar-refractivity contribution in [2.75, 3.05) is 0 Å². The average molecular weight is 200 g/mol. The Kier molecular flexibility index (Phi) is 2.41. The van der Waals surface area contributed by atoms with Gasteiger partial charge in [0.2, 0.25) is 5.78 Å². The lowest BCUT2D eigenvalue weighted by Crippen LogP contribution is -2.04. The molecule has 15 heavy (non-hydrogen) atoms. The molecule has 2 aromatic rings. The van der Waals surface area contributed by atoms with E-state index in [2.05, 4.69) is 9.97 Å². The van der Waals surface area contributed by atoms with Crippen LogP contribution in [0, 0.1) is 0 Å². The minimum Gasteiger partial charge on any atom is -0.507 e. The molecule has 0 aliphatic heterocycles. The first-order valence-electron chi connectivity index (χ1n) is 4.38. The van der Waals surface area contributed by atoms with Gasteiger partial charge in [-0.05, 0) is 12.1 Å². The summed E-state index contributed by atoms with van der Waals surface area (Å²) in [6.45, 7) is 0. The zero-order chi connectivity index (χ0) is 10.7. The summed E-state index contributed by atoms with van der Waals surface area (Å²) in [5.74, 6) is -0.380. The quantitative estimate of drug-likeness (QED) is 0.744. The van der Waals surface area contributed by atoms with Crippen LogP contribution in [0.4, 0.5) is 0 Å². The first-order valence-corrected chi connectivity index (χ1v) is 4.38. The van der Waals surface area contributed by atoms with Crippen LogP contribution < -0.4 is 0 Å². The van der Waals surface area contributed by atoms with Crippen molar-refractivity contribution in [1.29, 1.82) is 0 Å². The van der Waals surface area contributed by atoms with Crippen LogP contribution in [-0.4, -0.2) is 20.9 Å². The van der Waals surface area contributed by atoms with Gasteiger partial charge < -0.3 is 5.11 Å². The number of phenols is 1. The number of carbonyl (C=O) groups excluding carboxylic acids is 1. The molecule has 0 radical (unpaired) electrons. The Bertz CT molecular complexity index is 483. The van der Waals surface area contributed by atoms with Crippen molar-refractivity contribution >= 4 is 5.78 Å². The fourth-order valence-corrected chi connectivity index (χ4v) is 1.22. The van der Waals surface area contributed by atoms with Gasteiger partial charge in [0.25, 0.3) is 0 Å².